The average molecular weight is 470 g/mol. The van der Waals surface area contributed by atoms with E-state index in [1.54, 1.807) is 7.11 Å². The molecule has 7 heteroatoms. The van der Waals surface area contributed by atoms with Crippen LogP contribution in [0.1, 0.15) is 38.3 Å². The summed E-state index contributed by atoms with van der Waals surface area (Å²) >= 11 is 12.1. The maximum absolute atomic E-state index is 13.6. The second kappa shape index (κ2) is 9.22. The van der Waals surface area contributed by atoms with Gasteiger partial charge in [0.05, 0.1) is 24.0 Å². The molecule has 5 nitrogen and oxygen atoms in total. The zero-order chi connectivity index (χ0) is 22.9. The van der Waals surface area contributed by atoms with Gasteiger partial charge in [0.1, 0.15) is 0 Å². The van der Waals surface area contributed by atoms with Crippen molar-refractivity contribution in [3.63, 3.8) is 0 Å². The number of methoxy groups -OCH3 is 1. The van der Waals surface area contributed by atoms with Gasteiger partial charge in [0.15, 0.2) is 10.9 Å². The van der Waals surface area contributed by atoms with Gasteiger partial charge in [-0.05, 0) is 53.9 Å². The molecule has 32 heavy (non-hydrogen) atoms. The fourth-order valence-electron chi connectivity index (χ4n) is 4.52. The molecule has 0 amide bonds. The standard InChI is InChI=1S/C25H28ClN3O2S/c1-25(2)14-19-22(21(30)15-25)23(16-8-10-17(26)11-9-16)29(24(32)27-12-13-31-3)20-7-5-4-6-18(20)28-19/h4-11,23,28H,12-15H2,1-3H3,(H,27,32). The third-order valence-electron chi connectivity index (χ3n) is 5.89. The number of halogens is 1. The van der Waals surface area contributed by atoms with E-state index in [0.717, 1.165) is 34.6 Å². The first-order valence-electron chi connectivity index (χ1n) is 10.7. The van der Waals surface area contributed by atoms with Gasteiger partial charge in [0.25, 0.3) is 0 Å². The molecule has 1 aliphatic carbocycles. The number of allylic oxidation sites excluding steroid dienone is 1. The Morgan fingerprint density at radius 2 is 1.94 bits per heavy atom. The van der Waals surface area contributed by atoms with Crippen LogP contribution in [0.25, 0.3) is 0 Å². The first-order chi connectivity index (χ1) is 15.3. The van der Waals surface area contributed by atoms with Gasteiger partial charge in [-0.1, -0.05) is 49.7 Å². The summed E-state index contributed by atoms with van der Waals surface area (Å²) in [6.45, 7) is 5.38. The van der Waals surface area contributed by atoms with Gasteiger partial charge in [-0.2, -0.15) is 0 Å². The molecule has 0 bridgehead atoms. The monoisotopic (exact) mass is 469 g/mol. The van der Waals surface area contributed by atoms with Crippen molar-refractivity contribution in [3.05, 3.63) is 70.4 Å². The van der Waals surface area contributed by atoms with Crippen LogP contribution in [-0.4, -0.2) is 31.2 Å². The van der Waals surface area contributed by atoms with Crippen molar-refractivity contribution in [2.45, 2.75) is 32.7 Å². The third-order valence-corrected chi connectivity index (χ3v) is 6.48. The molecule has 1 atom stereocenters. The maximum Gasteiger partial charge on any atom is 0.174 e. The maximum atomic E-state index is 13.6. The third kappa shape index (κ3) is 4.53. The van der Waals surface area contributed by atoms with Crippen LogP contribution in [0.2, 0.25) is 5.02 Å². The number of Topliss-reactive ketones (excluding diaryl/α,β-unsaturated/α-hetero) is 1. The Morgan fingerprint density at radius 3 is 2.66 bits per heavy atom. The smallest absolute Gasteiger partial charge is 0.174 e. The predicted molar refractivity (Wildman–Crippen MR) is 134 cm³/mol. The van der Waals surface area contributed by atoms with Gasteiger partial charge >= 0.3 is 0 Å². The molecule has 2 aliphatic rings. The number of nitrogens with one attached hydrogen (secondary N) is 2. The van der Waals surface area contributed by atoms with Crippen LogP contribution >= 0.6 is 23.8 Å². The zero-order valence-corrected chi connectivity index (χ0v) is 20.1. The lowest BCUT2D eigenvalue weighted by molar-refractivity contribution is -0.118. The number of carbonyl (C=O) groups excluding carboxylic acids is 1. The van der Waals surface area contributed by atoms with E-state index < -0.39 is 0 Å². The van der Waals surface area contributed by atoms with Gasteiger partial charge in [-0.3, -0.25) is 4.79 Å². The fraction of sp³-hybridized carbons (Fsp3) is 0.360. The summed E-state index contributed by atoms with van der Waals surface area (Å²) in [6.07, 6.45) is 1.27. The van der Waals surface area contributed by atoms with Gasteiger partial charge in [-0.25, -0.2) is 0 Å². The molecule has 2 aromatic carbocycles. The number of ether oxygens (including phenoxy) is 1. The minimum Gasteiger partial charge on any atom is -0.383 e. The van der Waals surface area contributed by atoms with Gasteiger partial charge in [0, 0.05) is 36.4 Å². The van der Waals surface area contributed by atoms with E-state index in [1.807, 2.05) is 48.5 Å². The lowest BCUT2D eigenvalue weighted by atomic mass is 9.73. The van der Waals surface area contributed by atoms with E-state index in [9.17, 15) is 4.79 Å². The van der Waals surface area contributed by atoms with Crippen LogP contribution in [0.5, 0.6) is 0 Å². The molecule has 168 valence electrons. The molecule has 0 saturated carbocycles. The molecule has 0 aromatic heterocycles. The number of benzene rings is 2. The van der Waals surface area contributed by atoms with Crippen LogP contribution < -0.4 is 15.5 Å². The van der Waals surface area contributed by atoms with Crippen molar-refractivity contribution in [3.8, 4) is 0 Å². The molecular formula is C25H28ClN3O2S. The number of para-hydroxylation sites is 2. The number of hydrogen-bond donors (Lipinski definition) is 2. The van der Waals surface area contributed by atoms with Gasteiger partial charge in [0.2, 0.25) is 0 Å². The van der Waals surface area contributed by atoms with E-state index >= 15 is 0 Å². The number of thiocarbonyl (C=S) groups is 1. The van der Waals surface area contributed by atoms with Crippen molar-refractivity contribution in [1.82, 2.24) is 5.32 Å². The Morgan fingerprint density at radius 1 is 1.22 bits per heavy atom. The summed E-state index contributed by atoms with van der Waals surface area (Å²) in [4.78, 5) is 15.6. The highest BCUT2D eigenvalue weighted by Crippen LogP contribution is 2.48. The summed E-state index contributed by atoms with van der Waals surface area (Å²) in [5, 5.41) is 8.09. The lowest BCUT2D eigenvalue weighted by Gasteiger charge is -2.38. The molecule has 2 N–H and O–H groups in total. The molecular weight excluding hydrogens is 442 g/mol. The van der Waals surface area contributed by atoms with Gasteiger partial charge < -0.3 is 20.3 Å². The molecule has 0 saturated heterocycles. The Kier molecular flexibility index (Phi) is 6.56. The van der Waals surface area contributed by atoms with Crippen LogP contribution in [-0.2, 0) is 9.53 Å². The van der Waals surface area contributed by atoms with Crippen molar-refractivity contribution >= 4 is 46.1 Å². The van der Waals surface area contributed by atoms with Crippen LogP contribution in [0.4, 0.5) is 11.4 Å². The van der Waals surface area contributed by atoms with Crippen LogP contribution in [0, 0.1) is 5.41 Å². The number of fused-ring (bicyclic) bond motifs is 1. The first kappa shape index (κ1) is 22.8. The molecule has 0 radical (unpaired) electrons. The average Bonchev–Trinajstić information content (AvgIpc) is 2.88. The highest BCUT2D eigenvalue weighted by molar-refractivity contribution is 7.80. The van der Waals surface area contributed by atoms with Crippen molar-refractivity contribution < 1.29 is 9.53 Å². The Hall–Kier alpha value is -2.41. The Bertz CT molecular complexity index is 1070. The van der Waals surface area contributed by atoms with E-state index in [2.05, 4.69) is 29.4 Å². The molecule has 1 aliphatic heterocycles. The van der Waals surface area contributed by atoms with Crippen molar-refractivity contribution in [2.75, 3.05) is 30.5 Å². The topological polar surface area (TPSA) is 53.6 Å². The molecule has 1 heterocycles. The van der Waals surface area contributed by atoms with Gasteiger partial charge in [-0.15, -0.1) is 0 Å². The van der Waals surface area contributed by atoms with E-state index in [4.69, 9.17) is 28.6 Å². The zero-order valence-electron chi connectivity index (χ0n) is 18.6. The summed E-state index contributed by atoms with van der Waals surface area (Å²) in [7, 11) is 1.66. The summed E-state index contributed by atoms with van der Waals surface area (Å²) < 4.78 is 5.19. The number of carbonyl (C=O) groups is 1. The molecule has 0 spiro atoms. The lowest BCUT2D eigenvalue weighted by Crippen LogP contribution is -2.45. The second-order valence-electron chi connectivity index (χ2n) is 9.02. The normalized spacial score (nSPS) is 19.6. The van der Waals surface area contributed by atoms with Crippen molar-refractivity contribution in [2.24, 2.45) is 5.41 Å². The SMILES string of the molecule is COCCNC(=S)N1c2ccccc2NC2=C(C(=O)CC(C)(C)C2)C1c1ccc(Cl)cc1. The van der Waals surface area contributed by atoms with E-state index in [1.165, 1.54) is 0 Å². The number of anilines is 2. The summed E-state index contributed by atoms with van der Waals surface area (Å²) in [6, 6.07) is 15.3. The number of nitrogens with zero attached hydrogens (tertiary/aromatic N) is 1. The van der Waals surface area contributed by atoms with Crippen LogP contribution in [0.3, 0.4) is 0 Å². The highest BCUT2D eigenvalue weighted by atomic mass is 35.5. The largest absolute Gasteiger partial charge is 0.383 e. The molecule has 4 rings (SSSR count). The molecule has 2 aromatic rings. The minimum absolute atomic E-state index is 0.116. The van der Waals surface area contributed by atoms with Crippen LogP contribution in [0.15, 0.2) is 59.8 Å². The first-order valence-corrected chi connectivity index (χ1v) is 11.5. The quantitative estimate of drug-likeness (QED) is 0.457. The second-order valence-corrected chi connectivity index (χ2v) is 9.85. The minimum atomic E-state index is -0.371. The number of hydrogen-bond acceptors (Lipinski definition) is 4. The summed E-state index contributed by atoms with van der Waals surface area (Å²) in [5.74, 6) is 0.140. The molecule has 1 unspecified atom stereocenters. The Labute approximate surface area is 199 Å². The predicted octanol–water partition coefficient (Wildman–Crippen LogP) is 5.48. The van der Waals surface area contributed by atoms with Crippen molar-refractivity contribution in [1.29, 1.82) is 0 Å². The fourth-order valence-corrected chi connectivity index (χ4v) is 4.95. The van der Waals surface area contributed by atoms with E-state index in [-0.39, 0.29) is 17.2 Å². The Balaban J connectivity index is 1.92. The summed E-state index contributed by atoms with van der Waals surface area (Å²) in [5.41, 5.74) is 4.42. The number of rotatable bonds is 4. The molecule has 0 fully saturated rings. The van der Waals surface area contributed by atoms with E-state index in [0.29, 0.717) is 29.7 Å². The highest BCUT2D eigenvalue weighted by Gasteiger charge is 2.42. The number of ketones is 1.